The van der Waals surface area contributed by atoms with Gasteiger partial charge in [-0.15, -0.1) is 0 Å². The van der Waals surface area contributed by atoms with Gasteiger partial charge in [-0.3, -0.25) is 4.90 Å². The zero-order valence-electron chi connectivity index (χ0n) is 12.4. The fourth-order valence-electron chi connectivity index (χ4n) is 3.26. The lowest BCUT2D eigenvalue weighted by molar-refractivity contribution is 0.0956. The van der Waals surface area contributed by atoms with Crippen molar-refractivity contribution in [2.24, 2.45) is 0 Å². The quantitative estimate of drug-likeness (QED) is 0.780. The van der Waals surface area contributed by atoms with E-state index in [1.54, 1.807) is 13.3 Å². The summed E-state index contributed by atoms with van der Waals surface area (Å²) in [6, 6.07) is 6.21. The molecule has 0 unspecified atom stereocenters. The van der Waals surface area contributed by atoms with Gasteiger partial charge in [0.1, 0.15) is 5.65 Å². The molecular weight excluding hydrogens is 280 g/mol. The third-order valence-electron chi connectivity index (χ3n) is 4.36. The summed E-state index contributed by atoms with van der Waals surface area (Å²) in [4.78, 5) is 6.73. The van der Waals surface area contributed by atoms with Crippen LogP contribution in [-0.4, -0.2) is 56.0 Å². The lowest BCUT2D eigenvalue weighted by Gasteiger charge is -2.16. The van der Waals surface area contributed by atoms with Gasteiger partial charge in [0.2, 0.25) is 0 Å². The Morgan fingerprint density at radius 1 is 1.36 bits per heavy atom. The second kappa shape index (κ2) is 5.51. The molecule has 3 aromatic heterocycles. The number of imidazole rings is 1. The minimum absolute atomic E-state index is 0.145. The average molecular weight is 298 g/mol. The van der Waals surface area contributed by atoms with Gasteiger partial charge >= 0.3 is 0 Å². The number of likely N-dealkylation sites (tertiary alicyclic amines) is 1. The zero-order valence-corrected chi connectivity index (χ0v) is 12.4. The number of ether oxygens (including phenoxy) is 1. The monoisotopic (exact) mass is 298 g/mol. The van der Waals surface area contributed by atoms with Crippen LogP contribution in [0.25, 0.3) is 5.65 Å². The molecule has 1 N–H and O–H groups in total. The van der Waals surface area contributed by atoms with E-state index < -0.39 is 0 Å². The van der Waals surface area contributed by atoms with Crippen LogP contribution in [0, 0.1) is 0 Å². The minimum Gasteiger partial charge on any atom is -0.379 e. The van der Waals surface area contributed by atoms with E-state index in [1.807, 2.05) is 18.5 Å². The van der Waals surface area contributed by atoms with Crippen LogP contribution < -0.4 is 0 Å². The van der Waals surface area contributed by atoms with Crippen molar-refractivity contribution in [1.82, 2.24) is 29.7 Å². The summed E-state index contributed by atoms with van der Waals surface area (Å²) in [5, 5.41) is 10.8. The van der Waals surface area contributed by atoms with Crippen LogP contribution in [0.5, 0.6) is 0 Å². The fraction of sp³-hybridized carbons (Fsp3) is 0.400. The van der Waals surface area contributed by atoms with Gasteiger partial charge in [-0.1, -0.05) is 6.07 Å². The van der Waals surface area contributed by atoms with E-state index in [2.05, 4.69) is 41.8 Å². The summed E-state index contributed by atoms with van der Waals surface area (Å²) in [6.07, 6.45) is 5.77. The lowest BCUT2D eigenvalue weighted by atomic mass is 10.0. The van der Waals surface area contributed by atoms with Crippen molar-refractivity contribution in [3.63, 3.8) is 0 Å². The molecule has 0 spiro atoms. The molecule has 7 nitrogen and oxygen atoms in total. The van der Waals surface area contributed by atoms with E-state index >= 15 is 0 Å². The Labute approximate surface area is 127 Å². The van der Waals surface area contributed by atoms with E-state index in [-0.39, 0.29) is 12.0 Å². The van der Waals surface area contributed by atoms with Crippen LogP contribution >= 0.6 is 0 Å². The van der Waals surface area contributed by atoms with Gasteiger partial charge in [-0.25, -0.2) is 4.98 Å². The van der Waals surface area contributed by atoms with E-state index in [0.717, 1.165) is 31.0 Å². The third kappa shape index (κ3) is 2.28. The highest BCUT2D eigenvalue weighted by molar-refractivity contribution is 5.39. The SMILES string of the molecule is CO[C@@H]1CN(Cc2cccc3nccn23)C[C@H]1c1cn[nH]n1. The molecule has 1 aliphatic heterocycles. The maximum Gasteiger partial charge on any atom is 0.136 e. The molecule has 2 atom stereocenters. The molecule has 4 rings (SSSR count). The van der Waals surface area contributed by atoms with Gasteiger partial charge in [0.15, 0.2) is 0 Å². The van der Waals surface area contributed by atoms with E-state index in [4.69, 9.17) is 4.74 Å². The zero-order chi connectivity index (χ0) is 14.9. The van der Waals surface area contributed by atoms with Gasteiger partial charge in [-0.05, 0) is 12.1 Å². The molecule has 3 aromatic rings. The summed E-state index contributed by atoms with van der Waals surface area (Å²) in [5.74, 6) is 0.255. The molecule has 1 saturated heterocycles. The summed E-state index contributed by atoms with van der Waals surface area (Å²) in [6.45, 7) is 2.66. The maximum atomic E-state index is 5.65. The fourth-order valence-corrected chi connectivity index (χ4v) is 3.26. The number of nitrogens with one attached hydrogen (secondary N) is 1. The second-order valence-corrected chi connectivity index (χ2v) is 5.64. The van der Waals surface area contributed by atoms with Gasteiger partial charge in [0, 0.05) is 50.7 Å². The van der Waals surface area contributed by atoms with Crippen LogP contribution in [0.2, 0.25) is 0 Å². The first-order valence-corrected chi connectivity index (χ1v) is 7.37. The van der Waals surface area contributed by atoms with Crippen molar-refractivity contribution in [2.45, 2.75) is 18.6 Å². The summed E-state index contributed by atoms with van der Waals surface area (Å²) >= 11 is 0. The molecule has 4 heterocycles. The Morgan fingerprint density at radius 3 is 3.14 bits per heavy atom. The van der Waals surface area contributed by atoms with E-state index in [9.17, 15) is 0 Å². The number of fused-ring (bicyclic) bond motifs is 1. The normalized spacial score (nSPS) is 22.6. The van der Waals surface area contributed by atoms with Crippen LogP contribution in [0.3, 0.4) is 0 Å². The van der Waals surface area contributed by atoms with Crippen molar-refractivity contribution in [3.05, 3.63) is 48.2 Å². The molecule has 0 radical (unpaired) electrons. The topological polar surface area (TPSA) is 71.3 Å². The number of nitrogens with zero attached hydrogens (tertiary/aromatic N) is 5. The minimum atomic E-state index is 0.145. The van der Waals surface area contributed by atoms with Gasteiger partial charge < -0.3 is 9.14 Å². The highest BCUT2D eigenvalue weighted by Gasteiger charge is 2.35. The van der Waals surface area contributed by atoms with Crippen molar-refractivity contribution >= 4 is 5.65 Å². The van der Waals surface area contributed by atoms with E-state index in [0.29, 0.717) is 0 Å². The Morgan fingerprint density at radius 2 is 2.32 bits per heavy atom. The Kier molecular flexibility index (Phi) is 3.36. The first-order chi connectivity index (χ1) is 10.8. The Bertz CT molecular complexity index is 752. The summed E-state index contributed by atoms with van der Waals surface area (Å²) < 4.78 is 7.78. The molecule has 7 heteroatoms. The molecule has 0 aliphatic carbocycles. The summed E-state index contributed by atoms with van der Waals surface area (Å²) in [5.41, 5.74) is 3.17. The second-order valence-electron chi connectivity index (χ2n) is 5.64. The highest BCUT2D eigenvalue weighted by Crippen LogP contribution is 2.28. The molecule has 0 aromatic carbocycles. The molecular formula is C15H18N6O. The molecule has 0 amide bonds. The summed E-state index contributed by atoms with van der Waals surface area (Å²) in [7, 11) is 1.76. The number of rotatable bonds is 4. The number of aromatic amines is 1. The number of pyridine rings is 1. The third-order valence-corrected chi connectivity index (χ3v) is 4.36. The largest absolute Gasteiger partial charge is 0.379 e. The number of hydrogen-bond acceptors (Lipinski definition) is 5. The van der Waals surface area contributed by atoms with Crippen LogP contribution in [-0.2, 0) is 11.3 Å². The van der Waals surface area contributed by atoms with Gasteiger partial charge in [-0.2, -0.15) is 15.4 Å². The molecule has 22 heavy (non-hydrogen) atoms. The van der Waals surface area contributed by atoms with Crippen LogP contribution in [0.4, 0.5) is 0 Å². The Hall–Kier alpha value is -2.25. The lowest BCUT2D eigenvalue weighted by Crippen LogP contribution is -2.23. The number of hydrogen-bond donors (Lipinski definition) is 1. The predicted molar refractivity (Wildman–Crippen MR) is 80.4 cm³/mol. The van der Waals surface area contributed by atoms with Crippen LogP contribution in [0.1, 0.15) is 17.3 Å². The van der Waals surface area contributed by atoms with Crippen molar-refractivity contribution in [2.75, 3.05) is 20.2 Å². The molecule has 0 saturated carbocycles. The van der Waals surface area contributed by atoms with Gasteiger partial charge in [0.05, 0.1) is 18.0 Å². The maximum absolute atomic E-state index is 5.65. The van der Waals surface area contributed by atoms with E-state index in [1.165, 1.54) is 5.69 Å². The first kappa shape index (κ1) is 13.4. The molecule has 1 fully saturated rings. The molecule has 1 aliphatic rings. The molecule has 114 valence electrons. The Balaban J connectivity index is 1.56. The number of methoxy groups -OCH3 is 1. The predicted octanol–water partition coefficient (Wildman–Crippen LogP) is 1.07. The standard InChI is InChI=1S/C15H18N6O/c1-22-14-10-20(9-12(14)13-7-17-19-18-13)8-11-3-2-4-15-16-5-6-21(11)15/h2-7,12,14H,8-10H2,1H3,(H,17,18,19)/t12-,14+/m0/s1. The van der Waals surface area contributed by atoms with Gasteiger partial charge in [0.25, 0.3) is 0 Å². The highest BCUT2D eigenvalue weighted by atomic mass is 16.5. The number of aromatic nitrogens is 5. The van der Waals surface area contributed by atoms with Crippen molar-refractivity contribution in [3.8, 4) is 0 Å². The number of H-pyrrole nitrogens is 1. The first-order valence-electron chi connectivity index (χ1n) is 7.37. The smallest absolute Gasteiger partial charge is 0.136 e. The van der Waals surface area contributed by atoms with Crippen molar-refractivity contribution < 1.29 is 4.74 Å². The van der Waals surface area contributed by atoms with Crippen molar-refractivity contribution in [1.29, 1.82) is 0 Å². The average Bonchev–Trinajstić information content (AvgIpc) is 3.27. The van der Waals surface area contributed by atoms with Crippen LogP contribution in [0.15, 0.2) is 36.8 Å². The molecule has 0 bridgehead atoms.